The van der Waals surface area contributed by atoms with E-state index < -0.39 is 11.8 Å². The van der Waals surface area contributed by atoms with E-state index in [-0.39, 0.29) is 11.3 Å². The molecule has 104 valence electrons. The number of carbonyl (C=O) groups excluding carboxylic acids is 1. The highest BCUT2D eigenvalue weighted by molar-refractivity contribution is 5.95. The summed E-state index contributed by atoms with van der Waals surface area (Å²) in [5, 5.41) is 2.84. The van der Waals surface area contributed by atoms with Crippen LogP contribution in [0.4, 0.5) is 21.6 Å². The molecule has 0 aliphatic carbocycles. The number of benzene rings is 1. The van der Waals surface area contributed by atoms with Crippen LogP contribution in [-0.4, -0.2) is 18.1 Å². The van der Waals surface area contributed by atoms with Crippen LogP contribution in [-0.2, 0) is 4.74 Å². The zero-order valence-corrected chi connectivity index (χ0v) is 11.1. The third-order valence-electron chi connectivity index (χ3n) is 2.82. The molecule has 0 aliphatic rings. The zero-order chi connectivity index (χ0) is 14.7. The van der Waals surface area contributed by atoms with E-state index in [1.54, 1.807) is 19.1 Å². The van der Waals surface area contributed by atoms with Crippen molar-refractivity contribution >= 4 is 23.2 Å². The molecule has 1 heterocycles. The molecule has 0 aliphatic heterocycles. The first kappa shape index (κ1) is 13.8. The molecule has 0 bridgehead atoms. The minimum atomic E-state index is -0.571. The van der Waals surface area contributed by atoms with Crippen LogP contribution in [0.2, 0.25) is 0 Å². The van der Waals surface area contributed by atoms with Crippen molar-refractivity contribution in [3.63, 3.8) is 0 Å². The Kier molecular flexibility index (Phi) is 3.84. The Morgan fingerprint density at radius 2 is 2.20 bits per heavy atom. The summed E-state index contributed by atoms with van der Waals surface area (Å²) >= 11 is 0. The highest BCUT2D eigenvalue weighted by atomic mass is 19.1. The molecular formula is C14H14FN3O2. The lowest BCUT2D eigenvalue weighted by Crippen LogP contribution is -2.08. The van der Waals surface area contributed by atoms with Crippen molar-refractivity contribution in [2.45, 2.75) is 6.92 Å². The van der Waals surface area contributed by atoms with Gasteiger partial charge in [0.2, 0.25) is 0 Å². The van der Waals surface area contributed by atoms with E-state index in [0.29, 0.717) is 11.5 Å². The van der Waals surface area contributed by atoms with E-state index in [4.69, 9.17) is 5.73 Å². The molecule has 5 nitrogen and oxygen atoms in total. The quantitative estimate of drug-likeness (QED) is 0.842. The molecule has 0 spiro atoms. The van der Waals surface area contributed by atoms with Gasteiger partial charge in [0.25, 0.3) is 0 Å². The van der Waals surface area contributed by atoms with E-state index >= 15 is 0 Å². The van der Waals surface area contributed by atoms with Crippen LogP contribution < -0.4 is 11.1 Å². The first-order valence-corrected chi connectivity index (χ1v) is 5.89. The van der Waals surface area contributed by atoms with Crippen molar-refractivity contribution in [1.29, 1.82) is 0 Å². The van der Waals surface area contributed by atoms with Crippen LogP contribution in [0.15, 0.2) is 30.5 Å². The van der Waals surface area contributed by atoms with Crippen molar-refractivity contribution in [2.24, 2.45) is 0 Å². The molecule has 2 rings (SSSR count). The maximum atomic E-state index is 13.7. The van der Waals surface area contributed by atoms with Crippen LogP contribution in [0, 0.1) is 12.7 Å². The third-order valence-corrected chi connectivity index (χ3v) is 2.82. The average Bonchev–Trinajstić information content (AvgIpc) is 2.44. The number of ether oxygens (including phenoxy) is 1. The fraction of sp³-hybridized carbons (Fsp3) is 0.143. The summed E-state index contributed by atoms with van der Waals surface area (Å²) in [4.78, 5) is 15.6. The van der Waals surface area contributed by atoms with Crippen molar-refractivity contribution in [2.75, 3.05) is 18.2 Å². The van der Waals surface area contributed by atoms with E-state index in [9.17, 15) is 9.18 Å². The topological polar surface area (TPSA) is 77.2 Å². The molecule has 0 fully saturated rings. The number of aryl methyl sites for hydroxylation is 1. The molecule has 0 unspecified atom stereocenters. The molecular weight excluding hydrogens is 261 g/mol. The third kappa shape index (κ3) is 2.69. The van der Waals surface area contributed by atoms with E-state index in [0.717, 1.165) is 5.56 Å². The molecule has 0 atom stereocenters. The van der Waals surface area contributed by atoms with E-state index in [1.165, 1.54) is 25.4 Å². The van der Waals surface area contributed by atoms with Gasteiger partial charge < -0.3 is 15.8 Å². The Morgan fingerprint density at radius 3 is 2.85 bits per heavy atom. The summed E-state index contributed by atoms with van der Waals surface area (Å²) < 4.78 is 18.4. The van der Waals surface area contributed by atoms with Crippen molar-refractivity contribution in [3.05, 3.63) is 47.4 Å². The predicted octanol–water partition coefficient (Wildman–Crippen LogP) is 2.64. The fourth-order valence-electron chi connectivity index (χ4n) is 1.74. The van der Waals surface area contributed by atoms with Gasteiger partial charge >= 0.3 is 5.97 Å². The van der Waals surface area contributed by atoms with Gasteiger partial charge in [0.05, 0.1) is 30.2 Å². The predicted molar refractivity (Wildman–Crippen MR) is 74.4 cm³/mol. The number of esters is 1. The number of rotatable bonds is 3. The van der Waals surface area contributed by atoms with Crippen LogP contribution in [0.25, 0.3) is 0 Å². The minimum absolute atomic E-state index is 0.180. The summed E-state index contributed by atoms with van der Waals surface area (Å²) in [7, 11) is 1.26. The first-order valence-electron chi connectivity index (χ1n) is 5.89. The molecule has 0 saturated heterocycles. The molecule has 6 heteroatoms. The standard InChI is InChI=1S/C14H14FN3O2/c1-8-4-3-5-10(15)13(8)18-12-6-9(14(19)20-2)11(16)7-17-12/h3-7H,16H2,1-2H3,(H,17,18). The van der Waals surface area contributed by atoms with Gasteiger partial charge in [-0.15, -0.1) is 0 Å². The molecule has 3 N–H and O–H groups in total. The second kappa shape index (κ2) is 5.56. The fourth-order valence-corrected chi connectivity index (χ4v) is 1.74. The number of para-hydroxylation sites is 1. The van der Waals surface area contributed by atoms with E-state index in [2.05, 4.69) is 15.0 Å². The van der Waals surface area contributed by atoms with Gasteiger partial charge in [-0.05, 0) is 24.6 Å². The Morgan fingerprint density at radius 1 is 1.45 bits per heavy atom. The molecule has 2 aromatic rings. The normalized spacial score (nSPS) is 10.2. The molecule has 0 radical (unpaired) electrons. The summed E-state index contributed by atoms with van der Waals surface area (Å²) in [6.07, 6.45) is 1.32. The van der Waals surface area contributed by atoms with Crippen molar-refractivity contribution < 1.29 is 13.9 Å². The Hall–Kier alpha value is -2.63. The molecule has 1 aromatic carbocycles. The number of hydrogen-bond acceptors (Lipinski definition) is 5. The maximum Gasteiger partial charge on any atom is 0.340 e. The van der Waals surface area contributed by atoms with Gasteiger partial charge in [0, 0.05) is 0 Å². The van der Waals surface area contributed by atoms with Gasteiger partial charge in [0.15, 0.2) is 0 Å². The van der Waals surface area contributed by atoms with Crippen LogP contribution in [0.3, 0.4) is 0 Å². The van der Waals surface area contributed by atoms with Crippen molar-refractivity contribution in [1.82, 2.24) is 4.98 Å². The van der Waals surface area contributed by atoms with Crippen molar-refractivity contribution in [3.8, 4) is 0 Å². The lowest BCUT2D eigenvalue weighted by atomic mass is 10.2. The number of pyridine rings is 1. The number of nitrogens with two attached hydrogens (primary N) is 1. The number of nitrogens with zero attached hydrogens (tertiary/aromatic N) is 1. The molecule has 0 saturated carbocycles. The number of halogens is 1. The highest BCUT2D eigenvalue weighted by Crippen LogP contribution is 2.24. The van der Waals surface area contributed by atoms with Crippen LogP contribution in [0.5, 0.6) is 0 Å². The second-order valence-corrected chi connectivity index (χ2v) is 4.21. The van der Waals surface area contributed by atoms with Gasteiger partial charge in [-0.25, -0.2) is 14.2 Å². The summed E-state index contributed by atoms with van der Waals surface area (Å²) in [5.74, 6) is -0.658. The lowest BCUT2D eigenvalue weighted by Gasteiger charge is -2.11. The van der Waals surface area contributed by atoms with Gasteiger partial charge in [-0.1, -0.05) is 12.1 Å². The minimum Gasteiger partial charge on any atom is -0.465 e. The SMILES string of the molecule is COC(=O)c1cc(Nc2c(C)cccc2F)ncc1N. The number of nitrogens with one attached hydrogen (secondary N) is 1. The van der Waals surface area contributed by atoms with Gasteiger partial charge in [-0.3, -0.25) is 0 Å². The van der Waals surface area contributed by atoms with Crippen LogP contribution >= 0.6 is 0 Å². The number of aromatic nitrogens is 1. The lowest BCUT2D eigenvalue weighted by molar-refractivity contribution is 0.0602. The number of carbonyl (C=O) groups is 1. The second-order valence-electron chi connectivity index (χ2n) is 4.21. The summed E-state index contributed by atoms with van der Waals surface area (Å²) in [6, 6.07) is 6.15. The van der Waals surface area contributed by atoms with Crippen LogP contribution in [0.1, 0.15) is 15.9 Å². The summed E-state index contributed by atoms with van der Waals surface area (Å²) in [6.45, 7) is 1.77. The number of nitrogen functional groups attached to an aromatic ring is 1. The Labute approximate surface area is 115 Å². The van der Waals surface area contributed by atoms with Gasteiger partial charge in [0.1, 0.15) is 11.6 Å². The number of anilines is 3. The molecule has 20 heavy (non-hydrogen) atoms. The average molecular weight is 275 g/mol. The summed E-state index contributed by atoms with van der Waals surface area (Å²) in [5.41, 5.74) is 7.07. The number of hydrogen-bond donors (Lipinski definition) is 2. The first-order chi connectivity index (χ1) is 9.52. The monoisotopic (exact) mass is 275 g/mol. The Balaban J connectivity index is 2.37. The zero-order valence-electron chi connectivity index (χ0n) is 11.1. The largest absolute Gasteiger partial charge is 0.465 e. The smallest absolute Gasteiger partial charge is 0.340 e. The number of methoxy groups -OCH3 is 1. The molecule has 0 amide bonds. The highest BCUT2D eigenvalue weighted by Gasteiger charge is 2.13. The van der Waals surface area contributed by atoms with E-state index in [1.807, 2.05) is 0 Å². The van der Waals surface area contributed by atoms with Gasteiger partial charge in [-0.2, -0.15) is 0 Å². The molecule has 1 aromatic heterocycles. The Bertz CT molecular complexity index is 639. The maximum absolute atomic E-state index is 13.7.